The molecule has 0 aliphatic heterocycles. The molecule has 2 aromatic carbocycles. The number of nitrogen functional groups attached to an aromatic ring is 2. The summed E-state index contributed by atoms with van der Waals surface area (Å²) in [6.07, 6.45) is 1.23. The number of imidazole rings is 1. The van der Waals surface area contributed by atoms with Crippen molar-refractivity contribution in [1.82, 2.24) is 20.8 Å². The van der Waals surface area contributed by atoms with Crippen molar-refractivity contribution >= 4 is 23.5 Å². The predicted octanol–water partition coefficient (Wildman–Crippen LogP) is 0.485. The van der Waals surface area contributed by atoms with Gasteiger partial charge in [-0.2, -0.15) is 0 Å². The van der Waals surface area contributed by atoms with Gasteiger partial charge in [0, 0.05) is 22.4 Å². The maximum absolute atomic E-state index is 12.7. The van der Waals surface area contributed by atoms with Crippen molar-refractivity contribution in [3.63, 3.8) is 0 Å². The van der Waals surface area contributed by atoms with Gasteiger partial charge < -0.3 is 26.9 Å². The first-order chi connectivity index (χ1) is 15.2. The second-order valence-electron chi connectivity index (χ2n) is 7.16. The van der Waals surface area contributed by atoms with Crippen LogP contribution in [0.4, 0.5) is 11.6 Å². The monoisotopic (exact) mass is 434 g/mol. The van der Waals surface area contributed by atoms with Crippen LogP contribution >= 0.6 is 0 Å². The van der Waals surface area contributed by atoms with Gasteiger partial charge in [-0.05, 0) is 55.5 Å². The molecule has 0 aliphatic rings. The number of hydroxylamine groups is 1. The van der Waals surface area contributed by atoms with Gasteiger partial charge in [-0.3, -0.25) is 14.8 Å². The zero-order valence-electron chi connectivity index (χ0n) is 17.1. The van der Waals surface area contributed by atoms with Crippen LogP contribution in [0.5, 0.6) is 0 Å². The van der Waals surface area contributed by atoms with Crippen molar-refractivity contribution in [2.24, 2.45) is 0 Å². The lowest BCUT2D eigenvalue weighted by Gasteiger charge is -2.30. The number of anilines is 2. The zero-order chi connectivity index (χ0) is 23.3. The van der Waals surface area contributed by atoms with E-state index < -0.39 is 23.5 Å². The molecule has 0 spiro atoms. The number of nitrogens with zero attached hydrogens (tertiary/aromatic N) is 1. The fraction of sp³-hybridized carbons (Fsp3) is 0.136. The molecule has 1 unspecified atom stereocenters. The van der Waals surface area contributed by atoms with Gasteiger partial charge in [0.2, 0.25) is 0 Å². The van der Waals surface area contributed by atoms with Gasteiger partial charge in [0.05, 0.1) is 11.9 Å². The van der Waals surface area contributed by atoms with Gasteiger partial charge in [-0.1, -0.05) is 11.8 Å². The van der Waals surface area contributed by atoms with E-state index in [9.17, 15) is 14.7 Å². The summed E-state index contributed by atoms with van der Waals surface area (Å²) >= 11 is 0. The van der Waals surface area contributed by atoms with E-state index in [4.69, 9.17) is 16.7 Å². The molecule has 32 heavy (non-hydrogen) atoms. The molecule has 0 saturated carbocycles. The summed E-state index contributed by atoms with van der Waals surface area (Å²) in [7, 11) is 0. The van der Waals surface area contributed by atoms with E-state index in [0.29, 0.717) is 11.3 Å². The van der Waals surface area contributed by atoms with Crippen LogP contribution in [0.2, 0.25) is 0 Å². The topological polar surface area (TPSA) is 179 Å². The van der Waals surface area contributed by atoms with Crippen molar-refractivity contribution in [2.75, 3.05) is 11.5 Å². The van der Waals surface area contributed by atoms with E-state index in [-0.39, 0.29) is 17.2 Å². The Morgan fingerprint density at radius 2 is 1.62 bits per heavy atom. The van der Waals surface area contributed by atoms with Crippen molar-refractivity contribution in [1.29, 1.82) is 0 Å². The smallest absolute Gasteiger partial charge is 0.269 e. The number of carbonyl (C=O) groups is 2. The Morgan fingerprint density at radius 3 is 2.12 bits per heavy atom. The van der Waals surface area contributed by atoms with Crippen LogP contribution in [0.1, 0.15) is 34.1 Å². The van der Waals surface area contributed by atoms with Crippen LogP contribution in [0.25, 0.3) is 0 Å². The first-order valence-electron chi connectivity index (χ1n) is 9.46. The lowest BCUT2D eigenvalue weighted by atomic mass is 9.92. The van der Waals surface area contributed by atoms with Crippen LogP contribution < -0.4 is 22.3 Å². The molecule has 2 amide bonds. The second kappa shape index (κ2) is 9.22. The highest BCUT2D eigenvalue weighted by atomic mass is 16.5. The molecule has 3 aromatic rings. The number of nitrogens with one attached hydrogen (secondary N) is 3. The molecule has 164 valence electrons. The Balaban J connectivity index is 1.77. The number of hydrogen-bond donors (Lipinski definition) is 7. The third-order valence-corrected chi connectivity index (χ3v) is 4.76. The Hall–Kier alpha value is -4.33. The second-order valence-corrected chi connectivity index (χ2v) is 7.16. The van der Waals surface area contributed by atoms with Crippen molar-refractivity contribution < 1.29 is 19.9 Å². The van der Waals surface area contributed by atoms with Crippen LogP contribution in [-0.4, -0.2) is 38.1 Å². The van der Waals surface area contributed by atoms with Crippen LogP contribution in [0, 0.1) is 11.8 Å². The zero-order valence-corrected chi connectivity index (χ0v) is 17.1. The largest absolute Gasteiger partial charge is 0.399 e. The van der Waals surface area contributed by atoms with Crippen LogP contribution in [0.15, 0.2) is 54.7 Å². The maximum atomic E-state index is 12.7. The maximum Gasteiger partial charge on any atom is 0.269 e. The first-order valence-corrected chi connectivity index (χ1v) is 9.46. The summed E-state index contributed by atoms with van der Waals surface area (Å²) in [5, 5.41) is 22.3. The number of benzene rings is 2. The molecule has 0 saturated heterocycles. The molecule has 1 heterocycles. The lowest BCUT2D eigenvalue weighted by Crippen LogP contribution is -2.57. The molecular formula is C22H22N6O4. The van der Waals surface area contributed by atoms with Crippen molar-refractivity contribution in [2.45, 2.75) is 18.6 Å². The predicted molar refractivity (Wildman–Crippen MR) is 117 cm³/mol. The summed E-state index contributed by atoms with van der Waals surface area (Å²) in [5.41, 5.74) is 13.1. The van der Waals surface area contributed by atoms with E-state index in [1.54, 1.807) is 36.4 Å². The third kappa shape index (κ3) is 5.04. The average Bonchev–Trinajstić information content (AvgIpc) is 3.24. The number of aromatic nitrogens is 2. The standard InChI is InChI=1S/C22H22N6O4/c1-22(31,17-12-25-21(24)26-17)18(20(30)28-32)27-19(29)15-8-4-13(5-9-15)2-3-14-6-10-16(23)11-7-14/h4-12,18,31-32H,23H2,1H3,(H,27,29)(H,28,30)(H3,24,25,26)/t18-,22?/m1/s1. The highest BCUT2D eigenvalue weighted by Gasteiger charge is 2.41. The molecule has 1 aromatic heterocycles. The number of rotatable bonds is 5. The molecule has 0 bridgehead atoms. The quantitative estimate of drug-likeness (QED) is 0.132. The molecule has 2 atom stereocenters. The van der Waals surface area contributed by atoms with E-state index >= 15 is 0 Å². The molecule has 9 N–H and O–H groups in total. The van der Waals surface area contributed by atoms with Gasteiger partial charge in [0.1, 0.15) is 11.6 Å². The van der Waals surface area contributed by atoms with Crippen molar-refractivity contribution in [3.05, 3.63) is 77.1 Å². The van der Waals surface area contributed by atoms with Gasteiger partial charge in [0.25, 0.3) is 11.8 Å². The van der Waals surface area contributed by atoms with Gasteiger partial charge in [-0.25, -0.2) is 10.5 Å². The normalized spacial score (nSPS) is 13.2. The van der Waals surface area contributed by atoms with Gasteiger partial charge >= 0.3 is 0 Å². The number of amides is 2. The number of nitrogens with two attached hydrogens (primary N) is 2. The van der Waals surface area contributed by atoms with Crippen LogP contribution in [0.3, 0.4) is 0 Å². The molecule has 10 nitrogen and oxygen atoms in total. The van der Waals surface area contributed by atoms with E-state index in [1.807, 2.05) is 0 Å². The number of carbonyl (C=O) groups excluding carboxylic acids is 2. The van der Waals surface area contributed by atoms with Gasteiger partial charge in [0.15, 0.2) is 5.95 Å². The average molecular weight is 434 g/mol. The van der Waals surface area contributed by atoms with E-state index in [0.717, 1.165) is 5.56 Å². The molecule has 0 radical (unpaired) electrons. The number of aliphatic hydroxyl groups is 1. The number of hydrogen-bond acceptors (Lipinski definition) is 7. The molecule has 10 heteroatoms. The lowest BCUT2D eigenvalue weighted by molar-refractivity contribution is -0.138. The minimum absolute atomic E-state index is 0.0189. The summed E-state index contributed by atoms with van der Waals surface area (Å²) in [6.45, 7) is 1.27. The Labute approximate surface area is 183 Å². The van der Waals surface area contributed by atoms with E-state index in [2.05, 4.69) is 27.1 Å². The summed E-state index contributed by atoms with van der Waals surface area (Å²) in [6, 6.07) is 11.9. The summed E-state index contributed by atoms with van der Waals surface area (Å²) in [4.78, 5) is 31.3. The minimum atomic E-state index is -1.95. The fourth-order valence-electron chi connectivity index (χ4n) is 2.91. The highest BCUT2D eigenvalue weighted by Crippen LogP contribution is 2.24. The van der Waals surface area contributed by atoms with Crippen molar-refractivity contribution in [3.8, 4) is 11.8 Å². The summed E-state index contributed by atoms with van der Waals surface area (Å²) in [5.74, 6) is 4.32. The van der Waals surface area contributed by atoms with E-state index in [1.165, 1.54) is 30.7 Å². The Morgan fingerprint density at radius 1 is 1.06 bits per heavy atom. The molecular weight excluding hydrogens is 412 g/mol. The number of aromatic amines is 1. The SMILES string of the molecule is CC(O)(c1cnc(N)[nH]1)[C@H](NC(=O)c1ccc(C#Cc2ccc(N)cc2)cc1)C(=O)NO. The Bertz CT molecular complexity index is 1170. The fourth-order valence-corrected chi connectivity index (χ4v) is 2.91. The molecule has 3 rings (SSSR count). The third-order valence-electron chi connectivity index (χ3n) is 4.76. The van der Waals surface area contributed by atoms with Gasteiger partial charge in [-0.15, -0.1) is 0 Å². The number of H-pyrrole nitrogens is 1. The molecule has 0 aliphatic carbocycles. The van der Waals surface area contributed by atoms with Crippen LogP contribution in [-0.2, 0) is 10.4 Å². The summed E-state index contributed by atoms with van der Waals surface area (Å²) < 4.78 is 0. The first kappa shape index (κ1) is 22.4. The minimum Gasteiger partial charge on any atom is -0.399 e. The molecule has 0 fully saturated rings. The Kier molecular flexibility index (Phi) is 6.44. The highest BCUT2D eigenvalue weighted by molar-refractivity contribution is 5.97.